The molecule has 5 nitrogen and oxygen atoms in total. The lowest BCUT2D eigenvalue weighted by Gasteiger charge is -2.35. The zero-order valence-corrected chi connectivity index (χ0v) is 14.1. The maximum Gasteiger partial charge on any atom is 0.255 e. The molecule has 1 unspecified atom stereocenters. The zero-order chi connectivity index (χ0) is 16.8. The summed E-state index contributed by atoms with van der Waals surface area (Å²) in [6, 6.07) is 6.18. The smallest absolute Gasteiger partial charge is 0.255 e. The summed E-state index contributed by atoms with van der Waals surface area (Å²) in [5, 5.41) is 3.31. The number of hydrogen-bond donors (Lipinski definition) is 1. The van der Waals surface area contributed by atoms with Crippen LogP contribution in [-0.4, -0.2) is 33.4 Å². The molecule has 1 aliphatic heterocycles. The second-order valence-electron chi connectivity index (χ2n) is 6.23. The summed E-state index contributed by atoms with van der Waals surface area (Å²) in [4.78, 5) is 23.2. The molecule has 1 fully saturated rings. The van der Waals surface area contributed by atoms with Crippen molar-refractivity contribution in [2.75, 3.05) is 11.9 Å². The summed E-state index contributed by atoms with van der Waals surface area (Å²) in [6.45, 7) is 3.67. The van der Waals surface area contributed by atoms with E-state index in [4.69, 9.17) is 0 Å². The van der Waals surface area contributed by atoms with Gasteiger partial charge in [0.15, 0.2) is 0 Å². The van der Waals surface area contributed by atoms with E-state index in [2.05, 4.69) is 22.2 Å². The van der Waals surface area contributed by atoms with Crippen LogP contribution < -0.4 is 5.32 Å². The highest BCUT2D eigenvalue weighted by atomic mass is 16.2. The van der Waals surface area contributed by atoms with Crippen LogP contribution in [0.25, 0.3) is 0 Å². The third-order valence-corrected chi connectivity index (χ3v) is 4.56. The average Bonchev–Trinajstić information content (AvgIpc) is 2.67. The standard InChI is InChI=1S/C19H24N4O/c1-2-18-7-3-4-9-23(18)19(24)16-10-17(14-21-13-16)22-12-15-6-5-8-20-11-15/h5-6,8,10-11,13-14,18,22H,2-4,7,9,12H2,1H3. The van der Waals surface area contributed by atoms with E-state index in [0.29, 0.717) is 18.2 Å². The number of rotatable bonds is 5. The van der Waals surface area contributed by atoms with Gasteiger partial charge in [0, 0.05) is 43.9 Å². The van der Waals surface area contributed by atoms with Crippen LogP contribution in [0.5, 0.6) is 0 Å². The first kappa shape index (κ1) is 16.4. The Morgan fingerprint density at radius 1 is 1.29 bits per heavy atom. The first-order valence-corrected chi connectivity index (χ1v) is 8.66. The van der Waals surface area contributed by atoms with Crippen molar-refractivity contribution in [1.29, 1.82) is 0 Å². The fraction of sp³-hybridized carbons (Fsp3) is 0.421. The summed E-state index contributed by atoms with van der Waals surface area (Å²) >= 11 is 0. The number of nitrogens with zero attached hydrogens (tertiary/aromatic N) is 3. The zero-order valence-electron chi connectivity index (χ0n) is 14.1. The topological polar surface area (TPSA) is 58.1 Å². The van der Waals surface area contributed by atoms with Gasteiger partial charge < -0.3 is 10.2 Å². The number of pyridine rings is 2. The number of carbonyl (C=O) groups excluding carboxylic acids is 1. The molecule has 3 heterocycles. The molecule has 5 heteroatoms. The molecule has 0 radical (unpaired) electrons. The number of hydrogen-bond acceptors (Lipinski definition) is 4. The normalized spacial score (nSPS) is 17.5. The van der Waals surface area contributed by atoms with Gasteiger partial charge in [0.25, 0.3) is 5.91 Å². The van der Waals surface area contributed by atoms with Gasteiger partial charge in [-0.25, -0.2) is 0 Å². The van der Waals surface area contributed by atoms with Gasteiger partial charge in [-0.1, -0.05) is 13.0 Å². The Labute approximate surface area is 143 Å². The number of piperidine rings is 1. The summed E-state index contributed by atoms with van der Waals surface area (Å²) < 4.78 is 0. The molecule has 24 heavy (non-hydrogen) atoms. The number of carbonyl (C=O) groups is 1. The molecular formula is C19H24N4O. The van der Waals surface area contributed by atoms with Gasteiger partial charge in [-0.05, 0) is 43.4 Å². The molecule has 2 aromatic heterocycles. The summed E-state index contributed by atoms with van der Waals surface area (Å²) in [5.74, 6) is 0.0964. The van der Waals surface area contributed by atoms with Crippen LogP contribution in [-0.2, 0) is 6.54 Å². The molecule has 0 aromatic carbocycles. The number of amides is 1. The second-order valence-corrected chi connectivity index (χ2v) is 6.23. The summed E-state index contributed by atoms with van der Waals surface area (Å²) in [7, 11) is 0. The van der Waals surface area contributed by atoms with Crippen molar-refractivity contribution in [2.24, 2.45) is 0 Å². The van der Waals surface area contributed by atoms with Crippen molar-refractivity contribution in [3.8, 4) is 0 Å². The van der Waals surface area contributed by atoms with Crippen molar-refractivity contribution < 1.29 is 4.79 Å². The first-order valence-electron chi connectivity index (χ1n) is 8.66. The van der Waals surface area contributed by atoms with E-state index in [9.17, 15) is 4.79 Å². The van der Waals surface area contributed by atoms with Crippen molar-refractivity contribution >= 4 is 11.6 Å². The van der Waals surface area contributed by atoms with Crippen LogP contribution in [0.15, 0.2) is 43.0 Å². The Hall–Kier alpha value is -2.43. The Bertz CT molecular complexity index is 674. The lowest BCUT2D eigenvalue weighted by molar-refractivity contribution is 0.0607. The number of anilines is 1. The second kappa shape index (κ2) is 7.90. The van der Waals surface area contributed by atoms with E-state index < -0.39 is 0 Å². The van der Waals surface area contributed by atoms with Crippen molar-refractivity contribution in [2.45, 2.75) is 45.2 Å². The molecule has 3 rings (SSSR count). The third-order valence-electron chi connectivity index (χ3n) is 4.56. The van der Waals surface area contributed by atoms with Crippen LogP contribution in [0.1, 0.15) is 48.5 Å². The number of nitrogens with one attached hydrogen (secondary N) is 1. The van der Waals surface area contributed by atoms with E-state index in [-0.39, 0.29) is 5.91 Å². The predicted molar refractivity (Wildman–Crippen MR) is 94.8 cm³/mol. The Balaban J connectivity index is 1.69. The highest BCUT2D eigenvalue weighted by Gasteiger charge is 2.26. The van der Waals surface area contributed by atoms with Crippen molar-refractivity contribution in [3.05, 3.63) is 54.1 Å². The Morgan fingerprint density at radius 3 is 3.00 bits per heavy atom. The van der Waals surface area contributed by atoms with E-state index >= 15 is 0 Å². The lowest BCUT2D eigenvalue weighted by Crippen LogP contribution is -2.43. The minimum atomic E-state index is 0.0964. The predicted octanol–water partition coefficient (Wildman–Crippen LogP) is 3.49. The van der Waals surface area contributed by atoms with Crippen molar-refractivity contribution in [1.82, 2.24) is 14.9 Å². The first-order chi connectivity index (χ1) is 11.8. The fourth-order valence-corrected chi connectivity index (χ4v) is 3.22. The average molecular weight is 324 g/mol. The van der Waals surface area contributed by atoms with Crippen LogP contribution >= 0.6 is 0 Å². The van der Waals surface area contributed by atoms with Crippen LogP contribution in [0.2, 0.25) is 0 Å². The van der Waals surface area contributed by atoms with Gasteiger partial charge in [0.1, 0.15) is 0 Å². The molecular weight excluding hydrogens is 300 g/mol. The Kier molecular flexibility index (Phi) is 5.41. The minimum absolute atomic E-state index is 0.0964. The number of likely N-dealkylation sites (tertiary alicyclic amines) is 1. The van der Waals surface area contributed by atoms with E-state index in [0.717, 1.165) is 37.1 Å². The van der Waals surface area contributed by atoms with E-state index in [1.807, 2.05) is 29.3 Å². The van der Waals surface area contributed by atoms with Gasteiger partial charge in [0.05, 0.1) is 11.3 Å². The fourth-order valence-electron chi connectivity index (χ4n) is 3.22. The lowest BCUT2D eigenvalue weighted by atomic mass is 9.99. The maximum atomic E-state index is 12.8. The van der Waals surface area contributed by atoms with Gasteiger partial charge in [-0.15, -0.1) is 0 Å². The maximum absolute atomic E-state index is 12.8. The summed E-state index contributed by atoms with van der Waals surface area (Å²) in [5.41, 5.74) is 2.61. The molecule has 0 spiro atoms. The molecule has 1 aliphatic rings. The quantitative estimate of drug-likeness (QED) is 0.914. The van der Waals surface area contributed by atoms with Crippen LogP contribution in [0.3, 0.4) is 0 Å². The van der Waals surface area contributed by atoms with Gasteiger partial charge in [-0.2, -0.15) is 0 Å². The molecule has 1 atom stereocenters. The van der Waals surface area contributed by atoms with E-state index in [1.165, 1.54) is 6.42 Å². The summed E-state index contributed by atoms with van der Waals surface area (Å²) in [6.07, 6.45) is 11.4. The minimum Gasteiger partial charge on any atom is -0.380 e. The highest BCUT2D eigenvalue weighted by Crippen LogP contribution is 2.22. The molecule has 2 aromatic rings. The largest absolute Gasteiger partial charge is 0.380 e. The molecule has 1 N–H and O–H groups in total. The monoisotopic (exact) mass is 324 g/mol. The van der Waals surface area contributed by atoms with Gasteiger partial charge >= 0.3 is 0 Å². The van der Waals surface area contributed by atoms with Gasteiger partial charge in [0.2, 0.25) is 0 Å². The van der Waals surface area contributed by atoms with E-state index in [1.54, 1.807) is 18.6 Å². The Morgan fingerprint density at radius 2 is 2.21 bits per heavy atom. The molecule has 1 saturated heterocycles. The molecule has 0 saturated carbocycles. The van der Waals surface area contributed by atoms with Crippen molar-refractivity contribution in [3.63, 3.8) is 0 Å². The SMILES string of the molecule is CCC1CCCCN1C(=O)c1cncc(NCc2cccnc2)c1. The van der Waals surface area contributed by atoms with Crippen LogP contribution in [0, 0.1) is 0 Å². The number of aromatic nitrogens is 2. The third kappa shape index (κ3) is 3.91. The molecule has 1 amide bonds. The highest BCUT2D eigenvalue weighted by molar-refractivity contribution is 5.95. The molecule has 0 aliphatic carbocycles. The molecule has 0 bridgehead atoms. The van der Waals surface area contributed by atoms with Gasteiger partial charge in [-0.3, -0.25) is 14.8 Å². The molecule has 126 valence electrons. The van der Waals surface area contributed by atoms with Crippen LogP contribution in [0.4, 0.5) is 5.69 Å².